The van der Waals surface area contributed by atoms with Crippen molar-refractivity contribution in [3.8, 4) is 0 Å². The second-order valence-corrected chi connectivity index (χ2v) is 3.46. The van der Waals surface area contributed by atoms with Crippen molar-refractivity contribution in [3.63, 3.8) is 0 Å². The van der Waals surface area contributed by atoms with Gasteiger partial charge in [-0.25, -0.2) is 9.97 Å². The SMILES string of the molecule is C=CCc1nc(=O)c2c(CC=C)nc(=O)c1=2. The molecule has 0 spiro atoms. The quantitative estimate of drug-likeness (QED) is 0.685. The Balaban J connectivity index is 2.87. The maximum Gasteiger partial charge on any atom is 0.280 e. The van der Waals surface area contributed by atoms with Crippen LogP contribution in [0.2, 0.25) is 0 Å². The smallest absolute Gasteiger partial charge is 0.267 e. The number of rotatable bonds is 4. The Labute approximate surface area is 91.3 Å². The van der Waals surface area contributed by atoms with E-state index in [1.54, 1.807) is 12.2 Å². The Morgan fingerprint density at radius 1 is 0.875 bits per heavy atom. The molecule has 0 aliphatic carbocycles. The van der Waals surface area contributed by atoms with Gasteiger partial charge in [-0.2, -0.15) is 0 Å². The van der Waals surface area contributed by atoms with Crippen LogP contribution in [0.3, 0.4) is 0 Å². The van der Waals surface area contributed by atoms with Gasteiger partial charge >= 0.3 is 0 Å². The first-order valence-corrected chi connectivity index (χ1v) is 4.89. The lowest BCUT2D eigenvalue weighted by Crippen LogP contribution is -2.07. The molecule has 0 aromatic rings. The van der Waals surface area contributed by atoms with Crippen molar-refractivity contribution in [1.82, 2.24) is 9.97 Å². The number of nitrogens with zero attached hydrogens (tertiary/aromatic N) is 2. The molecular weight excluding hydrogens is 204 g/mol. The number of hydrogen-bond donors (Lipinski definition) is 0. The molecule has 2 aliphatic heterocycles. The molecule has 16 heavy (non-hydrogen) atoms. The van der Waals surface area contributed by atoms with Gasteiger partial charge in [0, 0.05) is 12.8 Å². The van der Waals surface area contributed by atoms with Gasteiger partial charge in [0.05, 0.1) is 21.8 Å². The molecule has 0 N–H and O–H groups in total. The zero-order chi connectivity index (χ0) is 11.7. The van der Waals surface area contributed by atoms with E-state index in [0.717, 1.165) is 0 Å². The third kappa shape index (κ3) is 1.39. The molecule has 0 aromatic carbocycles. The maximum atomic E-state index is 11.6. The first kappa shape index (κ1) is 10.4. The lowest BCUT2D eigenvalue weighted by molar-refractivity contribution is 1.05. The van der Waals surface area contributed by atoms with E-state index < -0.39 is 0 Å². The molecule has 2 rings (SSSR count). The predicted octanol–water partition coefficient (Wildman–Crippen LogP) is 0.254. The fourth-order valence-electron chi connectivity index (χ4n) is 1.79. The van der Waals surface area contributed by atoms with Crippen LogP contribution in [-0.4, -0.2) is 9.97 Å². The van der Waals surface area contributed by atoms with E-state index in [9.17, 15) is 9.59 Å². The highest BCUT2D eigenvalue weighted by atomic mass is 16.1. The van der Waals surface area contributed by atoms with Gasteiger partial charge in [0.1, 0.15) is 0 Å². The summed E-state index contributed by atoms with van der Waals surface area (Å²) in [7, 11) is 0. The van der Waals surface area contributed by atoms with Gasteiger partial charge in [0.25, 0.3) is 11.1 Å². The van der Waals surface area contributed by atoms with Crippen molar-refractivity contribution in [1.29, 1.82) is 0 Å². The Morgan fingerprint density at radius 2 is 1.25 bits per heavy atom. The highest BCUT2D eigenvalue weighted by Crippen LogP contribution is 2.04. The molecule has 0 amide bonds. The molecule has 2 aliphatic rings. The van der Waals surface area contributed by atoms with Gasteiger partial charge in [-0.15, -0.1) is 13.2 Å². The molecular formula is C12H10N2O2. The molecule has 80 valence electrons. The van der Waals surface area contributed by atoms with Crippen LogP contribution < -0.4 is 11.1 Å². The average molecular weight is 214 g/mol. The van der Waals surface area contributed by atoms with Crippen LogP contribution in [0.25, 0.3) is 0 Å². The molecule has 4 nitrogen and oxygen atoms in total. The molecule has 0 saturated carbocycles. The fourth-order valence-corrected chi connectivity index (χ4v) is 1.79. The molecule has 0 fully saturated rings. The Hall–Kier alpha value is -2.10. The van der Waals surface area contributed by atoms with Crippen LogP contribution in [0.4, 0.5) is 0 Å². The summed E-state index contributed by atoms with van der Waals surface area (Å²) in [6.45, 7) is 7.13. The second kappa shape index (κ2) is 3.81. The van der Waals surface area contributed by atoms with E-state index in [4.69, 9.17) is 0 Å². The van der Waals surface area contributed by atoms with E-state index in [-0.39, 0.29) is 11.1 Å². The van der Waals surface area contributed by atoms with Gasteiger partial charge in [-0.05, 0) is 0 Å². The van der Waals surface area contributed by atoms with E-state index in [0.29, 0.717) is 34.7 Å². The van der Waals surface area contributed by atoms with Crippen molar-refractivity contribution < 1.29 is 0 Å². The lowest BCUT2D eigenvalue weighted by Gasteiger charge is -1.84. The highest BCUT2D eigenvalue weighted by Gasteiger charge is 2.15. The fraction of sp³-hybridized carbons (Fsp3) is 0.167. The third-order valence-electron chi connectivity index (χ3n) is 2.40. The summed E-state index contributed by atoms with van der Waals surface area (Å²) in [4.78, 5) is 30.9. The van der Waals surface area contributed by atoms with Crippen molar-refractivity contribution in [2.24, 2.45) is 0 Å². The van der Waals surface area contributed by atoms with Crippen molar-refractivity contribution in [2.75, 3.05) is 0 Å². The van der Waals surface area contributed by atoms with E-state index in [1.807, 2.05) is 0 Å². The normalized spacial score (nSPS) is 10.8. The number of allylic oxidation sites excluding steroid dienone is 2. The molecule has 0 saturated heterocycles. The van der Waals surface area contributed by atoms with Crippen LogP contribution in [0, 0.1) is 10.4 Å². The van der Waals surface area contributed by atoms with Crippen LogP contribution in [0.1, 0.15) is 11.4 Å². The van der Waals surface area contributed by atoms with Crippen LogP contribution >= 0.6 is 0 Å². The van der Waals surface area contributed by atoms with Gasteiger partial charge in [0.2, 0.25) is 0 Å². The van der Waals surface area contributed by atoms with E-state index in [2.05, 4.69) is 23.1 Å². The average Bonchev–Trinajstić information content (AvgIpc) is 2.71. The van der Waals surface area contributed by atoms with Gasteiger partial charge in [-0.1, -0.05) is 12.2 Å². The highest BCUT2D eigenvalue weighted by molar-refractivity contribution is 5.24. The zero-order valence-corrected chi connectivity index (χ0v) is 8.69. The summed E-state index contributed by atoms with van der Waals surface area (Å²) >= 11 is 0. The first-order chi connectivity index (χ1) is 7.69. The third-order valence-corrected chi connectivity index (χ3v) is 2.40. The number of aromatic nitrogens is 2. The molecule has 2 heterocycles. The Kier molecular flexibility index (Phi) is 2.48. The van der Waals surface area contributed by atoms with E-state index >= 15 is 0 Å². The minimum Gasteiger partial charge on any atom is -0.267 e. The van der Waals surface area contributed by atoms with Gasteiger partial charge in [-0.3, -0.25) is 9.59 Å². The minimum atomic E-state index is -0.377. The van der Waals surface area contributed by atoms with Gasteiger partial charge in [0.15, 0.2) is 0 Å². The summed E-state index contributed by atoms with van der Waals surface area (Å²) in [5.41, 5.74) is 0.197. The summed E-state index contributed by atoms with van der Waals surface area (Å²) < 4.78 is 0. The Bertz CT molecular complexity index is 632. The molecule has 0 radical (unpaired) electrons. The number of hydrogen-bond acceptors (Lipinski definition) is 4. The zero-order valence-electron chi connectivity index (χ0n) is 8.69. The molecule has 0 bridgehead atoms. The van der Waals surface area contributed by atoms with Crippen LogP contribution in [-0.2, 0) is 12.8 Å². The standard InChI is InChI=1S/C12H10N2O2/c1-3-5-7-9-10(12(16)13-7)8(6-4-2)14-11(9)15/h3-4H,1-2,5-6H2. The first-order valence-electron chi connectivity index (χ1n) is 4.89. The van der Waals surface area contributed by atoms with E-state index in [1.165, 1.54) is 0 Å². The lowest BCUT2D eigenvalue weighted by atomic mass is 10.2. The van der Waals surface area contributed by atoms with Crippen molar-refractivity contribution >= 4 is 0 Å². The Morgan fingerprint density at radius 3 is 1.56 bits per heavy atom. The van der Waals surface area contributed by atoms with Crippen molar-refractivity contribution in [2.45, 2.75) is 12.8 Å². The van der Waals surface area contributed by atoms with Crippen molar-refractivity contribution in [3.05, 3.63) is 67.8 Å². The van der Waals surface area contributed by atoms with Crippen LogP contribution in [0.15, 0.2) is 34.9 Å². The van der Waals surface area contributed by atoms with Gasteiger partial charge < -0.3 is 0 Å². The maximum absolute atomic E-state index is 11.6. The molecule has 0 aromatic heterocycles. The summed E-state index contributed by atoms with van der Waals surface area (Å²) in [5, 5.41) is 0.698. The minimum absolute atomic E-state index is 0.349. The molecule has 0 atom stereocenters. The topological polar surface area (TPSA) is 59.9 Å². The summed E-state index contributed by atoms with van der Waals surface area (Å²) in [6.07, 6.45) is 4.04. The monoisotopic (exact) mass is 214 g/mol. The molecule has 0 unspecified atom stereocenters. The predicted molar refractivity (Wildman–Crippen MR) is 60.0 cm³/mol. The summed E-state index contributed by atoms with van der Waals surface area (Å²) in [6, 6.07) is 0. The summed E-state index contributed by atoms with van der Waals surface area (Å²) in [5.74, 6) is 0. The second-order valence-electron chi connectivity index (χ2n) is 3.46. The van der Waals surface area contributed by atoms with Crippen LogP contribution in [0.5, 0.6) is 0 Å². The largest absolute Gasteiger partial charge is 0.280 e. The molecule has 4 heteroatoms.